The first-order chi connectivity index (χ1) is 6.70. The van der Waals surface area contributed by atoms with Gasteiger partial charge in [0.2, 0.25) is 0 Å². The van der Waals surface area contributed by atoms with Crippen molar-refractivity contribution in [3.05, 3.63) is 28.0 Å². The fourth-order valence-corrected chi connectivity index (χ4v) is 2.23. The third kappa shape index (κ3) is 2.08. The summed E-state index contributed by atoms with van der Waals surface area (Å²) in [6.45, 7) is 0. The van der Waals surface area contributed by atoms with E-state index < -0.39 is 0 Å². The molecule has 1 nitrogen and oxygen atoms in total. The number of ether oxygens (including phenoxy) is 1. The van der Waals surface area contributed by atoms with E-state index in [1.165, 1.54) is 20.0 Å². The maximum absolute atomic E-state index is 13.4. The van der Waals surface area contributed by atoms with Crippen LogP contribution < -0.4 is 4.74 Å². The lowest BCUT2D eigenvalue weighted by atomic mass is 10.1. The SMILES string of the molecule is COc1c(F)cc(CC2CC2)cc1Br. The summed E-state index contributed by atoms with van der Waals surface area (Å²) < 4.78 is 19.1. The third-order valence-corrected chi connectivity index (χ3v) is 3.07. The molecule has 1 aliphatic carbocycles. The molecule has 1 saturated carbocycles. The molecule has 0 spiro atoms. The zero-order valence-electron chi connectivity index (χ0n) is 8.02. The second-order valence-corrected chi connectivity index (χ2v) is 4.59. The fourth-order valence-electron chi connectivity index (χ4n) is 1.58. The molecule has 0 aliphatic heterocycles. The summed E-state index contributed by atoms with van der Waals surface area (Å²) >= 11 is 3.30. The molecule has 0 amide bonds. The van der Waals surface area contributed by atoms with Crippen LogP contribution in [0, 0.1) is 11.7 Å². The van der Waals surface area contributed by atoms with E-state index in [9.17, 15) is 4.39 Å². The van der Waals surface area contributed by atoms with E-state index in [-0.39, 0.29) is 5.82 Å². The summed E-state index contributed by atoms with van der Waals surface area (Å²) in [5.41, 5.74) is 1.05. The van der Waals surface area contributed by atoms with Gasteiger partial charge in [-0.25, -0.2) is 4.39 Å². The van der Waals surface area contributed by atoms with E-state index in [4.69, 9.17) is 4.74 Å². The molecule has 0 saturated heterocycles. The maximum Gasteiger partial charge on any atom is 0.168 e. The molecule has 1 aromatic carbocycles. The van der Waals surface area contributed by atoms with Crippen molar-refractivity contribution in [1.29, 1.82) is 0 Å². The number of rotatable bonds is 3. The van der Waals surface area contributed by atoms with E-state index >= 15 is 0 Å². The molecule has 0 aromatic heterocycles. The Morgan fingerprint density at radius 3 is 2.71 bits per heavy atom. The van der Waals surface area contributed by atoms with Gasteiger partial charge in [0.05, 0.1) is 11.6 Å². The second-order valence-electron chi connectivity index (χ2n) is 3.74. The number of hydrogen-bond acceptors (Lipinski definition) is 1. The molecule has 0 radical (unpaired) electrons. The van der Waals surface area contributed by atoms with Gasteiger partial charge in [-0.2, -0.15) is 0 Å². The van der Waals surface area contributed by atoms with Crippen molar-refractivity contribution in [2.24, 2.45) is 5.92 Å². The standard InChI is InChI=1S/C11H12BrFO/c1-14-11-9(12)5-8(6-10(11)13)4-7-2-3-7/h5-7H,2-4H2,1H3. The number of hydrogen-bond donors (Lipinski definition) is 0. The van der Waals surface area contributed by atoms with Crippen LogP contribution in [0.25, 0.3) is 0 Å². The van der Waals surface area contributed by atoms with E-state index in [2.05, 4.69) is 15.9 Å². The van der Waals surface area contributed by atoms with E-state index in [1.807, 2.05) is 6.07 Å². The lowest BCUT2D eigenvalue weighted by Gasteiger charge is -2.07. The molecule has 0 atom stereocenters. The highest BCUT2D eigenvalue weighted by molar-refractivity contribution is 9.10. The molecule has 3 heteroatoms. The van der Waals surface area contributed by atoms with Gasteiger partial charge in [0.25, 0.3) is 0 Å². The van der Waals surface area contributed by atoms with Crippen LogP contribution in [0.3, 0.4) is 0 Å². The van der Waals surface area contributed by atoms with Gasteiger partial charge in [-0.3, -0.25) is 0 Å². The van der Waals surface area contributed by atoms with Crippen LogP contribution in [0.5, 0.6) is 5.75 Å². The van der Waals surface area contributed by atoms with Crippen molar-refractivity contribution in [1.82, 2.24) is 0 Å². The highest BCUT2D eigenvalue weighted by Crippen LogP contribution is 2.35. The van der Waals surface area contributed by atoms with Crippen molar-refractivity contribution in [2.45, 2.75) is 19.3 Å². The zero-order valence-corrected chi connectivity index (χ0v) is 9.60. The van der Waals surface area contributed by atoms with Crippen LogP contribution in [0.4, 0.5) is 4.39 Å². The van der Waals surface area contributed by atoms with Crippen LogP contribution in [0.15, 0.2) is 16.6 Å². The molecule has 1 aliphatic rings. The van der Waals surface area contributed by atoms with Crippen LogP contribution in [0.1, 0.15) is 18.4 Å². The predicted molar refractivity (Wildman–Crippen MR) is 57.1 cm³/mol. The van der Waals surface area contributed by atoms with E-state index in [0.717, 1.165) is 17.9 Å². The first-order valence-electron chi connectivity index (χ1n) is 4.72. The largest absolute Gasteiger partial charge is 0.492 e. The Hall–Kier alpha value is -0.570. The number of halogens is 2. The fraction of sp³-hybridized carbons (Fsp3) is 0.455. The van der Waals surface area contributed by atoms with Crippen molar-refractivity contribution in [2.75, 3.05) is 7.11 Å². The van der Waals surface area contributed by atoms with E-state index in [0.29, 0.717) is 10.2 Å². The normalized spacial score (nSPS) is 15.6. The molecule has 0 N–H and O–H groups in total. The number of benzene rings is 1. The average Bonchev–Trinajstić information content (AvgIpc) is 2.87. The second kappa shape index (κ2) is 3.89. The van der Waals surface area contributed by atoms with Gasteiger partial charge in [-0.15, -0.1) is 0 Å². The van der Waals surface area contributed by atoms with Gasteiger partial charge >= 0.3 is 0 Å². The third-order valence-electron chi connectivity index (χ3n) is 2.48. The Labute approximate surface area is 91.4 Å². The van der Waals surface area contributed by atoms with Crippen LogP contribution >= 0.6 is 15.9 Å². The minimum absolute atomic E-state index is 0.280. The van der Waals surface area contributed by atoms with Crippen molar-refractivity contribution in [3.8, 4) is 5.75 Å². The highest BCUT2D eigenvalue weighted by Gasteiger charge is 2.22. The predicted octanol–water partition coefficient (Wildman–Crippen LogP) is 3.55. The van der Waals surface area contributed by atoms with Gasteiger partial charge in [-0.05, 0) is 58.8 Å². The summed E-state index contributed by atoms with van der Waals surface area (Å²) in [4.78, 5) is 0. The molecule has 1 aromatic rings. The molecular weight excluding hydrogens is 247 g/mol. The van der Waals surface area contributed by atoms with Crippen LogP contribution in [-0.2, 0) is 6.42 Å². The van der Waals surface area contributed by atoms with Gasteiger partial charge in [0.1, 0.15) is 0 Å². The minimum atomic E-state index is -0.280. The smallest absolute Gasteiger partial charge is 0.168 e. The molecule has 76 valence electrons. The lowest BCUT2D eigenvalue weighted by Crippen LogP contribution is -1.94. The molecule has 1 fully saturated rings. The topological polar surface area (TPSA) is 9.23 Å². The molecule has 0 unspecified atom stereocenters. The summed E-state index contributed by atoms with van der Waals surface area (Å²) in [6.07, 6.45) is 3.55. The molecule has 0 heterocycles. The first-order valence-corrected chi connectivity index (χ1v) is 5.52. The monoisotopic (exact) mass is 258 g/mol. The molecule has 2 rings (SSSR count). The average molecular weight is 259 g/mol. The van der Waals surface area contributed by atoms with Gasteiger partial charge in [-0.1, -0.05) is 0 Å². The molecule has 14 heavy (non-hydrogen) atoms. The first kappa shape index (κ1) is 9.97. The summed E-state index contributed by atoms with van der Waals surface area (Å²) in [5.74, 6) is 0.789. The quantitative estimate of drug-likeness (QED) is 0.806. The number of methoxy groups -OCH3 is 1. The van der Waals surface area contributed by atoms with Crippen LogP contribution in [0.2, 0.25) is 0 Å². The summed E-state index contributed by atoms with van der Waals surface area (Å²) in [5, 5.41) is 0. The van der Waals surface area contributed by atoms with Gasteiger partial charge in [0, 0.05) is 0 Å². The summed E-state index contributed by atoms with van der Waals surface area (Å²) in [7, 11) is 1.48. The van der Waals surface area contributed by atoms with Crippen molar-refractivity contribution in [3.63, 3.8) is 0 Å². The van der Waals surface area contributed by atoms with Gasteiger partial charge in [0.15, 0.2) is 11.6 Å². The Morgan fingerprint density at radius 1 is 1.50 bits per heavy atom. The Balaban J connectivity index is 2.25. The Kier molecular flexibility index (Phi) is 2.77. The maximum atomic E-state index is 13.4. The van der Waals surface area contributed by atoms with Crippen molar-refractivity contribution < 1.29 is 9.13 Å². The zero-order chi connectivity index (χ0) is 10.1. The summed E-state index contributed by atoms with van der Waals surface area (Å²) in [6, 6.07) is 3.52. The van der Waals surface area contributed by atoms with Crippen LogP contribution in [-0.4, -0.2) is 7.11 Å². The minimum Gasteiger partial charge on any atom is -0.492 e. The Morgan fingerprint density at radius 2 is 2.21 bits per heavy atom. The van der Waals surface area contributed by atoms with E-state index in [1.54, 1.807) is 6.07 Å². The highest BCUT2D eigenvalue weighted by atomic mass is 79.9. The Bertz CT molecular complexity index is 324. The van der Waals surface area contributed by atoms with Crippen molar-refractivity contribution >= 4 is 15.9 Å². The lowest BCUT2D eigenvalue weighted by molar-refractivity contribution is 0.383. The van der Waals surface area contributed by atoms with Gasteiger partial charge < -0.3 is 4.74 Å². The molecular formula is C11H12BrFO. The molecule has 0 bridgehead atoms.